The zero-order valence-corrected chi connectivity index (χ0v) is 9.41. The SMILES string of the molecule is COCOCC(CO)c1ccc(Cl)cc1. The van der Waals surface area contributed by atoms with Gasteiger partial charge in [0.2, 0.25) is 0 Å². The highest BCUT2D eigenvalue weighted by Gasteiger charge is 2.10. The van der Waals surface area contributed by atoms with E-state index in [0.29, 0.717) is 11.6 Å². The summed E-state index contributed by atoms with van der Waals surface area (Å²) in [6, 6.07) is 7.38. The highest BCUT2D eigenvalue weighted by molar-refractivity contribution is 6.30. The molecule has 15 heavy (non-hydrogen) atoms. The second-order valence-electron chi connectivity index (χ2n) is 3.21. The van der Waals surface area contributed by atoms with Crippen molar-refractivity contribution in [2.45, 2.75) is 5.92 Å². The summed E-state index contributed by atoms with van der Waals surface area (Å²) in [6.45, 7) is 0.724. The van der Waals surface area contributed by atoms with E-state index in [4.69, 9.17) is 21.1 Å². The van der Waals surface area contributed by atoms with Crippen molar-refractivity contribution in [2.24, 2.45) is 0 Å². The minimum atomic E-state index is -0.0302. The monoisotopic (exact) mass is 230 g/mol. The third-order valence-electron chi connectivity index (χ3n) is 2.08. The fourth-order valence-corrected chi connectivity index (χ4v) is 1.39. The Hall–Kier alpha value is -0.610. The number of rotatable bonds is 6. The van der Waals surface area contributed by atoms with E-state index in [-0.39, 0.29) is 19.3 Å². The molecule has 0 bridgehead atoms. The average molecular weight is 231 g/mol. The van der Waals surface area contributed by atoms with Crippen LogP contribution in [0.1, 0.15) is 11.5 Å². The molecule has 0 radical (unpaired) electrons. The van der Waals surface area contributed by atoms with Gasteiger partial charge in [-0.1, -0.05) is 23.7 Å². The van der Waals surface area contributed by atoms with Gasteiger partial charge in [-0.3, -0.25) is 0 Å². The summed E-state index contributed by atoms with van der Waals surface area (Å²) >= 11 is 5.77. The molecule has 3 nitrogen and oxygen atoms in total. The number of aliphatic hydroxyl groups is 1. The molecule has 0 amide bonds. The normalized spacial score (nSPS) is 12.7. The first-order chi connectivity index (χ1) is 7.27. The van der Waals surface area contributed by atoms with Gasteiger partial charge in [-0.25, -0.2) is 0 Å². The molecule has 1 atom stereocenters. The molecule has 1 aromatic carbocycles. The Morgan fingerprint density at radius 3 is 2.53 bits per heavy atom. The summed E-state index contributed by atoms with van der Waals surface area (Å²) in [5.41, 5.74) is 1.01. The second-order valence-corrected chi connectivity index (χ2v) is 3.64. The van der Waals surface area contributed by atoms with E-state index in [1.807, 2.05) is 12.1 Å². The van der Waals surface area contributed by atoms with Crippen molar-refractivity contribution in [3.05, 3.63) is 34.9 Å². The van der Waals surface area contributed by atoms with Gasteiger partial charge in [0.25, 0.3) is 0 Å². The maximum atomic E-state index is 9.19. The summed E-state index contributed by atoms with van der Waals surface area (Å²) in [4.78, 5) is 0. The van der Waals surface area contributed by atoms with E-state index < -0.39 is 0 Å². The largest absolute Gasteiger partial charge is 0.396 e. The summed E-state index contributed by atoms with van der Waals surface area (Å²) in [6.07, 6.45) is 0. The fourth-order valence-electron chi connectivity index (χ4n) is 1.26. The summed E-state index contributed by atoms with van der Waals surface area (Å²) in [7, 11) is 1.57. The van der Waals surface area contributed by atoms with Crippen molar-refractivity contribution >= 4 is 11.6 Å². The van der Waals surface area contributed by atoms with Gasteiger partial charge < -0.3 is 14.6 Å². The molecule has 0 saturated carbocycles. The van der Waals surface area contributed by atoms with Crippen molar-refractivity contribution in [3.8, 4) is 0 Å². The predicted octanol–water partition coefficient (Wildman–Crippen LogP) is 2.04. The Morgan fingerprint density at radius 2 is 2.00 bits per heavy atom. The smallest absolute Gasteiger partial charge is 0.146 e. The number of ether oxygens (including phenoxy) is 2. The van der Waals surface area contributed by atoms with Crippen molar-refractivity contribution in [2.75, 3.05) is 27.1 Å². The second kappa shape index (κ2) is 6.80. The summed E-state index contributed by atoms with van der Waals surface area (Å²) in [5, 5.41) is 9.88. The molecular formula is C11H15ClO3. The number of hydrogen-bond acceptors (Lipinski definition) is 3. The van der Waals surface area contributed by atoms with Gasteiger partial charge in [-0.2, -0.15) is 0 Å². The van der Waals surface area contributed by atoms with Gasteiger partial charge in [-0.05, 0) is 17.7 Å². The molecule has 0 aromatic heterocycles. The van der Waals surface area contributed by atoms with E-state index in [9.17, 15) is 5.11 Å². The molecule has 0 heterocycles. The summed E-state index contributed by atoms with van der Waals surface area (Å²) < 4.78 is 9.97. The molecule has 0 aliphatic heterocycles. The van der Waals surface area contributed by atoms with Gasteiger partial charge in [0.15, 0.2) is 0 Å². The van der Waals surface area contributed by atoms with E-state index in [1.165, 1.54) is 0 Å². The van der Waals surface area contributed by atoms with Crippen LogP contribution in [0.25, 0.3) is 0 Å². The molecule has 84 valence electrons. The number of halogens is 1. The quantitative estimate of drug-likeness (QED) is 0.601. The number of hydrogen-bond donors (Lipinski definition) is 1. The highest BCUT2D eigenvalue weighted by Crippen LogP contribution is 2.18. The molecular weight excluding hydrogens is 216 g/mol. The molecule has 0 aliphatic rings. The van der Waals surface area contributed by atoms with Crippen LogP contribution in [0, 0.1) is 0 Å². The van der Waals surface area contributed by atoms with Gasteiger partial charge >= 0.3 is 0 Å². The highest BCUT2D eigenvalue weighted by atomic mass is 35.5. The van der Waals surface area contributed by atoms with Gasteiger partial charge in [-0.15, -0.1) is 0 Å². The Balaban J connectivity index is 2.53. The van der Waals surface area contributed by atoms with E-state index >= 15 is 0 Å². The van der Waals surface area contributed by atoms with Crippen LogP contribution < -0.4 is 0 Å². The Morgan fingerprint density at radius 1 is 1.33 bits per heavy atom. The maximum absolute atomic E-state index is 9.19. The standard InChI is InChI=1S/C11H15ClO3/c1-14-8-15-7-10(6-13)9-2-4-11(12)5-3-9/h2-5,10,13H,6-8H2,1H3. The first-order valence-corrected chi connectivity index (χ1v) is 5.08. The van der Waals surface area contributed by atoms with Gasteiger partial charge in [0.05, 0.1) is 13.2 Å². The molecule has 0 saturated heterocycles. The zero-order valence-electron chi connectivity index (χ0n) is 8.65. The zero-order chi connectivity index (χ0) is 11.1. The van der Waals surface area contributed by atoms with Crippen LogP contribution in [-0.2, 0) is 9.47 Å². The number of benzene rings is 1. The van der Waals surface area contributed by atoms with Gasteiger partial charge in [0, 0.05) is 18.1 Å². The third kappa shape index (κ3) is 4.18. The Kier molecular flexibility index (Phi) is 5.65. The van der Waals surface area contributed by atoms with Crippen LogP contribution in [-0.4, -0.2) is 32.2 Å². The minimum Gasteiger partial charge on any atom is -0.396 e. The third-order valence-corrected chi connectivity index (χ3v) is 2.33. The van der Waals surface area contributed by atoms with Crippen LogP contribution in [0.3, 0.4) is 0 Å². The number of aliphatic hydroxyl groups excluding tert-OH is 1. The molecule has 0 spiro atoms. The van der Waals surface area contributed by atoms with E-state index in [1.54, 1.807) is 19.2 Å². The lowest BCUT2D eigenvalue weighted by atomic mass is 10.0. The molecule has 1 unspecified atom stereocenters. The topological polar surface area (TPSA) is 38.7 Å². The van der Waals surface area contributed by atoms with Crippen LogP contribution >= 0.6 is 11.6 Å². The van der Waals surface area contributed by atoms with Crippen molar-refractivity contribution in [3.63, 3.8) is 0 Å². The molecule has 0 aliphatic carbocycles. The molecule has 0 fully saturated rings. The van der Waals surface area contributed by atoms with Crippen LogP contribution in [0.5, 0.6) is 0 Å². The molecule has 1 aromatic rings. The molecule has 1 rings (SSSR count). The van der Waals surface area contributed by atoms with Crippen LogP contribution in [0.4, 0.5) is 0 Å². The molecule has 1 N–H and O–H groups in total. The van der Waals surface area contributed by atoms with Crippen LogP contribution in [0.15, 0.2) is 24.3 Å². The Labute approximate surface area is 94.6 Å². The van der Waals surface area contributed by atoms with E-state index in [0.717, 1.165) is 5.56 Å². The van der Waals surface area contributed by atoms with E-state index in [2.05, 4.69) is 0 Å². The summed E-state index contributed by atoms with van der Waals surface area (Å²) in [5.74, 6) is -0.0302. The lowest BCUT2D eigenvalue weighted by Gasteiger charge is -2.14. The fraction of sp³-hybridized carbons (Fsp3) is 0.455. The van der Waals surface area contributed by atoms with Crippen molar-refractivity contribution in [1.29, 1.82) is 0 Å². The van der Waals surface area contributed by atoms with Gasteiger partial charge in [0.1, 0.15) is 6.79 Å². The lowest BCUT2D eigenvalue weighted by Crippen LogP contribution is -2.13. The Bertz CT molecular complexity index is 274. The first kappa shape index (κ1) is 12.5. The van der Waals surface area contributed by atoms with Crippen molar-refractivity contribution < 1.29 is 14.6 Å². The predicted molar refractivity (Wildman–Crippen MR) is 59.1 cm³/mol. The number of methoxy groups -OCH3 is 1. The maximum Gasteiger partial charge on any atom is 0.146 e. The van der Waals surface area contributed by atoms with Crippen molar-refractivity contribution in [1.82, 2.24) is 0 Å². The van der Waals surface area contributed by atoms with Crippen LogP contribution in [0.2, 0.25) is 5.02 Å². The first-order valence-electron chi connectivity index (χ1n) is 4.71. The molecule has 4 heteroatoms. The minimum absolute atomic E-state index is 0.0302. The average Bonchev–Trinajstić information content (AvgIpc) is 2.26. The lowest BCUT2D eigenvalue weighted by molar-refractivity contribution is -0.0394.